The molecule has 2 atom stereocenters. The SMILES string of the molecule is C=C1C=C[C@@H](/C=C/c2ccccc2)[C@@H]1c1ccc(Br)cc1. The zero-order valence-electron chi connectivity index (χ0n) is 11.7. The lowest BCUT2D eigenvalue weighted by molar-refractivity contribution is 0.719. The third-order valence-corrected chi connectivity index (χ3v) is 4.39. The third kappa shape index (κ3) is 3.25. The van der Waals surface area contributed by atoms with E-state index in [0.717, 1.165) is 4.47 Å². The van der Waals surface area contributed by atoms with Crippen molar-refractivity contribution in [1.29, 1.82) is 0 Å². The Hall–Kier alpha value is -1.86. The molecule has 0 saturated heterocycles. The zero-order chi connectivity index (χ0) is 14.7. The fourth-order valence-electron chi connectivity index (χ4n) is 2.76. The normalized spacial score (nSPS) is 21.3. The lowest BCUT2D eigenvalue weighted by atomic mass is 9.85. The molecule has 104 valence electrons. The molecule has 0 unspecified atom stereocenters. The van der Waals surface area contributed by atoms with Crippen molar-refractivity contribution >= 4 is 22.0 Å². The molecule has 0 N–H and O–H groups in total. The summed E-state index contributed by atoms with van der Waals surface area (Å²) in [6, 6.07) is 19.0. The van der Waals surface area contributed by atoms with Crippen molar-refractivity contribution in [3.8, 4) is 0 Å². The van der Waals surface area contributed by atoms with Crippen molar-refractivity contribution in [3.63, 3.8) is 0 Å². The summed E-state index contributed by atoms with van der Waals surface area (Å²) < 4.78 is 1.11. The highest BCUT2D eigenvalue weighted by atomic mass is 79.9. The maximum atomic E-state index is 4.21. The average molecular weight is 337 g/mol. The molecule has 0 fully saturated rings. The van der Waals surface area contributed by atoms with E-state index in [2.05, 4.69) is 95.3 Å². The van der Waals surface area contributed by atoms with Crippen LogP contribution in [0.4, 0.5) is 0 Å². The van der Waals surface area contributed by atoms with E-state index in [1.165, 1.54) is 16.7 Å². The standard InChI is InChI=1S/C20H17Br/c1-15-7-9-17(10-8-16-5-3-2-4-6-16)20(15)18-11-13-19(21)14-12-18/h2-14,17,20H,1H2/b10-8+/t17-,20+/m0/s1. The predicted octanol–water partition coefficient (Wildman–Crippen LogP) is 5.99. The van der Waals surface area contributed by atoms with E-state index in [9.17, 15) is 0 Å². The first kappa shape index (κ1) is 14.1. The van der Waals surface area contributed by atoms with Crippen LogP contribution in [0.1, 0.15) is 17.0 Å². The summed E-state index contributed by atoms with van der Waals surface area (Å²) >= 11 is 3.49. The summed E-state index contributed by atoms with van der Waals surface area (Å²) in [6.07, 6.45) is 8.86. The Morgan fingerprint density at radius 1 is 0.952 bits per heavy atom. The van der Waals surface area contributed by atoms with Crippen LogP contribution in [0.25, 0.3) is 6.08 Å². The van der Waals surface area contributed by atoms with Gasteiger partial charge in [-0.05, 0) is 28.8 Å². The second kappa shape index (κ2) is 6.28. The van der Waals surface area contributed by atoms with Gasteiger partial charge in [0.25, 0.3) is 0 Å². The van der Waals surface area contributed by atoms with Gasteiger partial charge in [-0.25, -0.2) is 0 Å². The number of halogens is 1. The van der Waals surface area contributed by atoms with Gasteiger partial charge in [-0.2, -0.15) is 0 Å². The minimum Gasteiger partial charge on any atom is -0.0952 e. The molecule has 21 heavy (non-hydrogen) atoms. The van der Waals surface area contributed by atoms with Gasteiger partial charge >= 0.3 is 0 Å². The molecule has 0 bridgehead atoms. The summed E-state index contributed by atoms with van der Waals surface area (Å²) in [5, 5.41) is 0. The third-order valence-electron chi connectivity index (χ3n) is 3.86. The molecule has 0 amide bonds. The highest BCUT2D eigenvalue weighted by molar-refractivity contribution is 9.10. The largest absolute Gasteiger partial charge is 0.0952 e. The minimum absolute atomic E-state index is 0.345. The molecule has 1 aliphatic carbocycles. The average Bonchev–Trinajstić information content (AvgIpc) is 2.88. The van der Waals surface area contributed by atoms with Crippen molar-refractivity contribution in [2.24, 2.45) is 5.92 Å². The van der Waals surface area contributed by atoms with E-state index in [-0.39, 0.29) is 0 Å². The van der Waals surface area contributed by atoms with Crippen molar-refractivity contribution in [2.45, 2.75) is 5.92 Å². The Morgan fingerprint density at radius 3 is 2.38 bits per heavy atom. The van der Waals surface area contributed by atoms with Gasteiger partial charge in [0.2, 0.25) is 0 Å². The molecular formula is C20H17Br. The van der Waals surface area contributed by atoms with Gasteiger partial charge in [0.15, 0.2) is 0 Å². The molecule has 0 spiro atoms. The van der Waals surface area contributed by atoms with Crippen LogP contribution >= 0.6 is 15.9 Å². The summed E-state index contributed by atoms with van der Waals surface area (Å²) in [5.74, 6) is 0.719. The zero-order valence-corrected chi connectivity index (χ0v) is 13.3. The van der Waals surface area contributed by atoms with E-state index in [1.54, 1.807) is 0 Å². The van der Waals surface area contributed by atoms with Gasteiger partial charge in [0.1, 0.15) is 0 Å². The molecule has 1 heteroatoms. The van der Waals surface area contributed by atoms with Crippen LogP contribution in [-0.4, -0.2) is 0 Å². The number of hydrogen-bond acceptors (Lipinski definition) is 0. The smallest absolute Gasteiger partial charge is 0.0181 e. The molecule has 1 aliphatic rings. The summed E-state index contributed by atoms with van der Waals surface area (Å²) in [7, 11) is 0. The van der Waals surface area contributed by atoms with E-state index in [4.69, 9.17) is 0 Å². The minimum atomic E-state index is 0.345. The lowest BCUT2D eigenvalue weighted by Gasteiger charge is -2.18. The van der Waals surface area contributed by atoms with Gasteiger partial charge in [-0.3, -0.25) is 0 Å². The number of benzene rings is 2. The number of hydrogen-bond donors (Lipinski definition) is 0. The summed E-state index contributed by atoms with van der Waals surface area (Å²) in [6.45, 7) is 4.21. The Balaban J connectivity index is 1.84. The van der Waals surface area contributed by atoms with Gasteiger partial charge in [-0.1, -0.05) is 89.3 Å². The van der Waals surface area contributed by atoms with Crippen LogP contribution in [0.3, 0.4) is 0 Å². The second-order valence-electron chi connectivity index (χ2n) is 5.31. The molecule has 0 saturated carbocycles. The van der Waals surface area contributed by atoms with E-state index >= 15 is 0 Å². The first-order valence-corrected chi connectivity index (χ1v) is 7.89. The molecule has 3 rings (SSSR count). The summed E-state index contributed by atoms with van der Waals surface area (Å²) in [4.78, 5) is 0. The van der Waals surface area contributed by atoms with Crippen LogP contribution in [0.2, 0.25) is 0 Å². The Kier molecular flexibility index (Phi) is 4.21. The maximum absolute atomic E-state index is 4.21. The van der Waals surface area contributed by atoms with Crippen molar-refractivity contribution in [3.05, 3.63) is 101 Å². The van der Waals surface area contributed by atoms with Crippen LogP contribution < -0.4 is 0 Å². The molecule has 0 radical (unpaired) electrons. The van der Waals surface area contributed by atoms with Crippen LogP contribution in [-0.2, 0) is 0 Å². The van der Waals surface area contributed by atoms with Gasteiger partial charge in [0.05, 0.1) is 0 Å². The van der Waals surface area contributed by atoms with Crippen molar-refractivity contribution in [1.82, 2.24) is 0 Å². The van der Waals surface area contributed by atoms with Crippen molar-refractivity contribution < 1.29 is 0 Å². The molecule has 0 aromatic heterocycles. The van der Waals surface area contributed by atoms with Crippen molar-refractivity contribution in [2.75, 3.05) is 0 Å². The first-order valence-electron chi connectivity index (χ1n) is 7.10. The maximum Gasteiger partial charge on any atom is 0.0181 e. The Bertz CT molecular complexity index is 678. The quantitative estimate of drug-likeness (QED) is 0.645. The molecule has 2 aromatic rings. The molecule has 0 nitrogen and oxygen atoms in total. The van der Waals surface area contributed by atoms with Crippen LogP contribution in [0.15, 0.2) is 89.5 Å². The Labute approximate surface area is 134 Å². The number of allylic oxidation sites excluding steroid dienone is 4. The van der Waals surface area contributed by atoms with Crippen LogP contribution in [0.5, 0.6) is 0 Å². The first-order chi connectivity index (χ1) is 10.2. The van der Waals surface area contributed by atoms with E-state index in [1.807, 2.05) is 6.07 Å². The molecule has 0 aliphatic heterocycles. The number of rotatable bonds is 3. The second-order valence-corrected chi connectivity index (χ2v) is 6.23. The summed E-state index contributed by atoms with van der Waals surface area (Å²) in [5.41, 5.74) is 3.73. The molecule has 0 heterocycles. The molecular weight excluding hydrogens is 320 g/mol. The Morgan fingerprint density at radius 2 is 1.67 bits per heavy atom. The molecule has 2 aromatic carbocycles. The fourth-order valence-corrected chi connectivity index (χ4v) is 3.03. The van der Waals surface area contributed by atoms with Crippen LogP contribution in [0, 0.1) is 5.92 Å². The monoisotopic (exact) mass is 336 g/mol. The highest BCUT2D eigenvalue weighted by Crippen LogP contribution is 2.39. The lowest BCUT2D eigenvalue weighted by Crippen LogP contribution is -2.05. The van der Waals surface area contributed by atoms with Gasteiger partial charge in [-0.15, -0.1) is 0 Å². The topological polar surface area (TPSA) is 0 Å². The van der Waals surface area contributed by atoms with Gasteiger partial charge < -0.3 is 0 Å². The van der Waals surface area contributed by atoms with E-state index < -0.39 is 0 Å². The van der Waals surface area contributed by atoms with Gasteiger partial charge in [0, 0.05) is 16.3 Å². The fraction of sp³-hybridized carbons (Fsp3) is 0.100. The van der Waals surface area contributed by atoms with E-state index in [0.29, 0.717) is 11.8 Å². The highest BCUT2D eigenvalue weighted by Gasteiger charge is 2.25. The predicted molar refractivity (Wildman–Crippen MR) is 94.1 cm³/mol.